The van der Waals surface area contributed by atoms with Gasteiger partial charge in [-0.1, -0.05) is 6.07 Å². The molecule has 2 aromatic heterocycles. The van der Waals surface area contributed by atoms with E-state index in [1.54, 1.807) is 30.6 Å². The van der Waals surface area contributed by atoms with Gasteiger partial charge in [-0.25, -0.2) is 9.87 Å². The van der Waals surface area contributed by atoms with E-state index in [0.717, 1.165) is 23.9 Å². The van der Waals surface area contributed by atoms with Crippen molar-refractivity contribution in [2.45, 2.75) is 19.8 Å². The largest absolute Gasteiger partial charge is 0.351 e. The van der Waals surface area contributed by atoms with E-state index in [4.69, 9.17) is 4.84 Å². The molecule has 6 nitrogen and oxygen atoms in total. The van der Waals surface area contributed by atoms with Crippen molar-refractivity contribution in [3.8, 4) is 0 Å². The second-order valence-corrected chi connectivity index (χ2v) is 6.59. The lowest BCUT2D eigenvalue weighted by Crippen LogP contribution is -2.25. The van der Waals surface area contributed by atoms with Gasteiger partial charge in [0, 0.05) is 17.8 Å². The van der Waals surface area contributed by atoms with Crippen molar-refractivity contribution in [2.24, 2.45) is 5.92 Å². The number of fused-ring (bicyclic) bond motifs is 1. The Morgan fingerprint density at radius 1 is 1.38 bits per heavy atom. The number of anilines is 2. The number of aromatic amines is 1. The first-order valence-corrected chi connectivity index (χ1v) is 8.53. The molecule has 1 amide bonds. The molecule has 1 fully saturated rings. The second-order valence-electron chi connectivity index (χ2n) is 6.59. The minimum absolute atomic E-state index is 0.267. The van der Waals surface area contributed by atoms with Crippen LogP contribution in [-0.4, -0.2) is 22.5 Å². The zero-order valence-corrected chi connectivity index (χ0v) is 14.3. The van der Waals surface area contributed by atoms with E-state index in [2.05, 4.69) is 20.8 Å². The fourth-order valence-electron chi connectivity index (χ4n) is 2.75. The molecule has 3 aromatic rings. The number of carbonyl (C=O) groups is 1. The van der Waals surface area contributed by atoms with Crippen LogP contribution in [0.1, 0.15) is 28.9 Å². The number of hydrogen-bond donors (Lipinski definition) is 3. The highest BCUT2D eigenvalue weighted by molar-refractivity contribution is 6.08. The van der Waals surface area contributed by atoms with Crippen LogP contribution in [0.3, 0.4) is 0 Å². The van der Waals surface area contributed by atoms with Crippen LogP contribution in [0.5, 0.6) is 0 Å². The van der Waals surface area contributed by atoms with Gasteiger partial charge in [-0.2, -0.15) is 0 Å². The lowest BCUT2D eigenvalue weighted by atomic mass is 10.2. The lowest BCUT2D eigenvalue weighted by Gasteiger charge is -2.10. The third-order valence-electron chi connectivity index (χ3n) is 4.39. The first-order chi connectivity index (χ1) is 12.6. The molecule has 7 heteroatoms. The first-order valence-electron chi connectivity index (χ1n) is 8.53. The van der Waals surface area contributed by atoms with E-state index in [-0.39, 0.29) is 17.2 Å². The van der Waals surface area contributed by atoms with Crippen LogP contribution < -0.4 is 10.8 Å². The first kappa shape index (κ1) is 16.5. The Bertz CT molecular complexity index is 965. The van der Waals surface area contributed by atoms with Gasteiger partial charge in [-0.3, -0.25) is 14.6 Å². The van der Waals surface area contributed by atoms with E-state index in [0.29, 0.717) is 23.6 Å². The number of carbonyl (C=O) groups excluding carboxylic acids is 1. The fraction of sp³-hybridized carbons (Fsp3) is 0.263. The molecule has 0 bridgehead atoms. The van der Waals surface area contributed by atoms with Crippen LogP contribution in [0, 0.1) is 18.7 Å². The van der Waals surface area contributed by atoms with Gasteiger partial charge >= 0.3 is 0 Å². The summed E-state index contributed by atoms with van der Waals surface area (Å²) in [5.74, 6) is -0.280. The Morgan fingerprint density at radius 3 is 3.00 bits per heavy atom. The van der Waals surface area contributed by atoms with Crippen LogP contribution >= 0.6 is 0 Å². The number of hydroxylamine groups is 1. The van der Waals surface area contributed by atoms with Crippen molar-refractivity contribution < 1.29 is 14.0 Å². The number of aromatic nitrogens is 2. The molecule has 0 saturated heterocycles. The van der Waals surface area contributed by atoms with Crippen molar-refractivity contribution in [3.63, 3.8) is 0 Å². The quantitative estimate of drug-likeness (QED) is 0.588. The van der Waals surface area contributed by atoms with Crippen molar-refractivity contribution in [2.75, 3.05) is 11.9 Å². The van der Waals surface area contributed by atoms with Crippen molar-refractivity contribution >= 4 is 28.2 Å². The Hall–Kier alpha value is -2.93. The lowest BCUT2D eigenvalue weighted by molar-refractivity contribution is 0.0267. The molecular formula is C19H19FN4O2. The van der Waals surface area contributed by atoms with E-state index < -0.39 is 5.91 Å². The maximum absolute atomic E-state index is 14.3. The van der Waals surface area contributed by atoms with E-state index in [1.807, 2.05) is 6.92 Å². The Labute approximate surface area is 149 Å². The predicted octanol–water partition coefficient (Wildman–Crippen LogP) is 3.83. The smallest absolute Gasteiger partial charge is 0.293 e. The monoisotopic (exact) mass is 354 g/mol. The molecule has 3 N–H and O–H groups in total. The summed E-state index contributed by atoms with van der Waals surface area (Å²) < 4.78 is 14.3. The summed E-state index contributed by atoms with van der Waals surface area (Å²) in [4.78, 5) is 25.0. The molecule has 1 aliphatic rings. The molecule has 4 rings (SSSR count). The second kappa shape index (κ2) is 6.76. The number of nitrogens with one attached hydrogen (secondary N) is 3. The minimum Gasteiger partial charge on any atom is -0.351 e. The molecule has 1 aromatic carbocycles. The molecule has 0 atom stereocenters. The maximum atomic E-state index is 14.3. The Balaban J connectivity index is 1.65. The van der Waals surface area contributed by atoms with Gasteiger partial charge in [0.2, 0.25) is 0 Å². The highest BCUT2D eigenvalue weighted by Gasteiger charge is 2.23. The van der Waals surface area contributed by atoms with Gasteiger partial charge in [0.1, 0.15) is 11.5 Å². The zero-order chi connectivity index (χ0) is 18.1. The molecule has 0 unspecified atom stereocenters. The van der Waals surface area contributed by atoms with Crippen molar-refractivity contribution in [1.29, 1.82) is 0 Å². The molecular weight excluding hydrogens is 335 g/mol. The zero-order valence-electron chi connectivity index (χ0n) is 14.3. The number of nitrogens with zero attached hydrogens (tertiary/aromatic N) is 1. The van der Waals surface area contributed by atoms with Crippen molar-refractivity contribution in [1.82, 2.24) is 15.4 Å². The summed E-state index contributed by atoms with van der Waals surface area (Å²) in [5, 5.41) is 3.72. The normalized spacial score (nSPS) is 13.8. The summed E-state index contributed by atoms with van der Waals surface area (Å²) in [6, 6.07) is 6.64. The fourth-order valence-corrected chi connectivity index (χ4v) is 2.75. The highest BCUT2D eigenvalue weighted by atomic mass is 19.1. The number of pyridine rings is 1. The molecule has 26 heavy (non-hydrogen) atoms. The van der Waals surface area contributed by atoms with Gasteiger partial charge in [0.25, 0.3) is 5.91 Å². The average Bonchev–Trinajstić information content (AvgIpc) is 3.37. The van der Waals surface area contributed by atoms with Crippen LogP contribution in [-0.2, 0) is 4.84 Å². The number of aryl methyl sites for hydroxylation is 1. The topological polar surface area (TPSA) is 79.0 Å². The summed E-state index contributed by atoms with van der Waals surface area (Å²) >= 11 is 0. The minimum atomic E-state index is -0.420. The number of rotatable bonds is 6. The summed E-state index contributed by atoms with van der Waals surface area (Å²) in [6.07, 6.45) is 5.52. The third-order valence-corrected chi connectivity index (χ3v) is 4.39. The van der Waals surface area contributed by atoms with Crippen LogP contribution in [0.25, 0.3) is 10.9 Å². The van der Waals surface area contributed by atoms with Gasteiger partial charge in [-0.15, -0.1) is 0 Å². The summed E-state index contributed by atoms with van der Waals surface area (Å²) in [7, 11) is 0. The molecule has 0 aliphatic heterocycles. The van der Waals surface area contributed by atoms with Crippen LogP contribution in [0.4, 0.5) is 15.8 Å². The van der Waals surface area contributed by atoms with E-state index in [1.165, 1.54) is 6.07 Å². The Morgan fingerprint density at radius 2 is 2.23 bits per heavy atom. The third kappa shape index (κ3) is 3.39. The van der Waals surface area contributed by atoms with Crippen LogP contribution in [0.15, 0.2) is 36.7 Å². The number of amides is 1. The molecule has 0 radical (unpaired) electrons. The van der Waals surface area contributed by atoms with Gasteiger partial charge < -0.3 is 10.3 Å². The summed E-state index contributed by atoms with van der Waals surface area (Å²) in [6.45, 7) is 2.32. The number of hydrogen-bond acceptors (Lipinski definition) is 4. The molecule has 1 saturated carbocycles. The summed E-state index contributed by atoms with van der Waals surface area (Å²) in [5.41, 5.74) is 5.02. The average molecular weight is 354 g/mol. The number of halogens is 1. The van der Waals surface area contributed by atoms with E-state index in [9.17, 15) is 9.18 Å². The van der Waals surface area contributed by atoms with E-state index >= 15 is 0 Å². The van der Waals surface area contributed by atoms with Crippen LogP contribution in [0.2, 0.25) is 0 Å². The molecule has 1 aliphatic carbocycles. The number of H-pyrrole nitrogens is 1. The van der Waals surface area contributed by atoms with Crippen molar-refractivity contribution in [3.05, 3.63) is 53.7 Å². The predicted molar refractivity (Wildman–Crippen MR) is 96.7 cm³/mol. The molecule has 134 valence electrons. The maximum Gasteiger partial charge on any atom is 0.293 e. The Kier molecular flexibility index (Phi) is 4.30. The standard InChI is InChI=1S/C19H19FN4O2/c1-11-2-5-16(14(20)8-11)23-17-13-9-21-7-6-15(13)22-18(17)19(25)24-26-10-12-3-4-12/h2,5-9,12,22-23H,3-4,10H2,1H3,(H,24,25). The number of benzene rings is 1. The van der Waals surface area contributed by atoms with Gasteiger partial charge in [-0.05, 0) is 49.4 Å². The van der Waals surface area contributed by atoms with Gasteiger partial charge in [0.15, 0.2) is 0 Å². The SMILES string of the molecule is Cc1ccc(Nc2c(C(=O)NOCC3CC3)[nH]c3ccncc23)c(F)c1. The van der Waals surface area contributed by atoms with Gasteiger partial charge in [0.05, 0.1) is 23.5 Å². The molecule has 2 heterocycles. The molecule has 0 spiro atoms. The highest BCUT2D eigenvalue weighted by Crippen LogP contribution is 2.31.